The molecule has 2 rings (SSSR count). The zero-order valence-electron chi connectivity index (χ0n) is 11.8. The zero-order chi connectivity index (χ0) is 13.7. The summed E-state index contributed by atoms with van der Waals surface area (Å²) in [4.78, 5) is 8.10. The van der Waals surface area contributed by atoms with Crippen LogP contribution in [0.2, 0.25) is 0 Å². The molecule has 2 heterocycles. The van der Waals surface area contributed by atoms with E-state index in [0.717, 1.165) is 18.9 Å². The molecule has 0 unspecified atom stereocenters. The summed E-state index contributed by atoms with van der Waals surface area (Å²) < 4.78 is 0. The monoisotopic (exact) mass is 275 g/mol. The molecule has 0 aliphatic rings. The highest BCUT2D eigenvalue weighted by molar-refractivity contribution is 7.09. The molecular formula is C15H21N3S. The van der Waals surface area contributed by atoms with Gasteiger partial charge < -0.3 is 10.2 Å². The van der Waals surface area contributed by atoms with Crippen LogP contribution in [0.5, 0.6) is 0 Å². The summed E-state index contributed by atoms with van der Waals surface area (Å²) in [5, 5.41) is 5.57. The Bertz CT molecular complexity index is 494. The Morgan fingerprint density at radius 2 is 2.16 bits per heavy atom. The molecular weight excluding hydrogens is 254 g/mol. The summed E-state index contributed by atoms with van der Waals surface area (Å²) >= 11 is 1.78. The Morgan fingerprint density at radius 1 is 1.32 bits per heavy atom. The second-order valence-electron chi connectivity index (χ2n) is 4.96. The van der Waals surface area contributed by atoms with E-state index in [0.29, 0.717) is 6.04 Å². The Labute approximate surface area is 119 Å². The minimum Gasteiger partial charge on any atom is -0.354 e. The lowest BCUT2D eigenvalue weighted by atomic mass is 10.2. The van der Waals surface area contributed by atoms with Crippen molar-refractivity contribution in [2.45, 2.75) is 33.0 Å². The average molecular weight is 275 g/mol. The van der Waals surface area contributed by atoms with Crippen LogP contribution in [-0.4, -0.2) is 18.1 Å². The van der Waals surface area contributed by atoms with E-state index in [4.69, 9.17) is 0 Å². The molecule has 0 saturated carbocycles. The highest BCUT2D eigenvalue weighted by atomic mass is 32.1. The molecule has 0 spiro atoms. The Balaban J connectivity index is 2.09. The lowest BCUT2D eigenvalue weighted by Crippen LogP contribution is -2.25. The Kier molecular flexibility index (Phi) is 4.93. The van der Waals surface area contributed by atoms with Crippen LogP contribution in [0, 0.1) is 0 Å². The van der Waals surface area contributed by atoms with E-state index in [1.54, 1.807) is 11.3 Å². The van der Waals surface area contributed by atoms with Crippen molar-refractivity contribution in [2.75, 3.05) is 11.9 Å². The fraction of sp³-hybridized carbons (Fsp3) is 0.400. The maximum absolute atomic E-state index is 4.53. The normalized spacial score (nSPS) is 10.9. The molecule has 2 aromatic heterocycles. The van der Waals surface area contributed by atoms with Crippen LogP contribution in [0.3, 0.4) is 0 Å². The largest absolute Gasteiger partial charge is 0.354 e. The summed E-state index contributed by atoms with van der Waals surface area (Å²) in [5.74, 6) is 1.06. The van der Waals surface area contributed by atoms with Crippen LogP contribution in [0.15, 0.2) is 35.8 Å². The van der Waals surface area contributed by atoms with E-state index in [1.165, 1.54) is 10.4 Å². The second-order valence-corrected chi connectivity index (χ2v) is 5.99. The van der Waals surface area contributed by atoms with Gasteiger partial charge in [-0.05, 0) is 17.5 Å². The summed E-state index contributed by atoms with van der Waals surface area (Å²) in [7, 11) is 2.10. The number of nitrogens with zero attached hydrogens (tertiary/aromatic N) is 2. The lowest BCUT2D eigenvalue weighted by Gasteiger charge is -2.21. The number of aromatic nitrogens is 1. The molecule has 102 valence electrons. The third-order valence-corrected chi connectivity index (χ3v) is 3.76. The first-order chi connectivity index (χ1) is 9.16. The van der Waals surface area contributed by atoms with Crippen LogP contribution < -0.4 is 10.2 Å². The van der Waals surface area contributed by atoms with Gasteiger partial charge in [0.25, 0.3) is 0 Å². The van der Waals surface area contributed by atoms with Crippen molar-refractivity contribution in [1.82, 2.24) is 10.3 Å². The molecule has 0 bridgehead atoms. The molecule has 1 N–H and O–H groups in total. The van der Waals surface area contributed by atoms with Crippen molar-refractivity contribution in [3.05, 3.63) is 46.3 Å². The van der Waals surface area contributed by atoms with Crippen LogP contribution >= 0.6 is 11.3 Å². The predicted molar refractivity (Wildman–Crippen MR) is 82.6 cm³/mol. The maximum Gasteiger partial charge on any atom is 0.133 e. The van der Waals surface area contributed by atoms with Gasteiger partial charge in [-0.3, -0.25) is 0 Å². The molecule has 2 aromatic rings. The number of nitrogens with one attached hydrogen (secondary N) is 1. The summed E-state index contributed by atoms with van der Waals surface area (Å²) in [5.41, 5.74) is 1.25. The molecule has 0 radical (unpaired) electrons. The van der Waals surface area contributed by atoms with Gasteiger partial charge in [-0.15, -0.1) is 11.3 Å². The SMILES string of the molecule is CC(C)NCc1cccnc1N(C)Cc1cccs1. The second kappa shape index (κ2) is 6.68. The molecule has 0 saturated heterocycles. The van der Waals surface area contributed by atoms with Crippen LogP contribution in [0.1, 0.15) is 24.3 Å². The molecule has 0 aliphatic heterocycles. The molecule has 0 aromatic carbocycles. The molecule has 0 aliphatic carbocycles. The number of pyridine rings is 1. The summed E-state index contributed by atoms with van der Waals surface area (Å²) in [6, 6.07) is 8.88. The number of hydrogen-bond acceptors (Lipinski definition) is 4. The summed E-state index contributed by atoms with van der Waals surface area (Å²) in [6.07, 6.45) is 1.86. The fourth-order valence-corrected chi connectivity index (χ4v) is 2.69. The van der Waals surface area contributed by atoms with E-state index in [9.17, 15) is 0 Å². The molecule has 0 fully saturated rings. The van der Waals surface area contributed by atoms with Crippen molar-refractivity contribution in [3.8, 4) is 0 Å². The number of hydrogen-bond donors (Lipinski definition) is 1. The lowest BCUT2D eigenvalue weighted by molar-refractivity contribution is 0.587. The first-order valence-corrected chi connectivity index (χ1v) is 7.45. The Morgan fingerprint density at radius 3 is 2.84 bits per heavy atom. The minimum absolute atomic E-state index is 0.482. The van der Waals surface area contributed by atoms with Crippen molar-refractivity contribution in [2.24, 2.45) is 0 Å². The average Bonchev–Trinajstić information content (AvgIpc) is 2.89. The first-order valence-electron chi connectivity index (χ1n) is 6.57. The van der Waals surface area contributed by atoms with Crippen LogP contribution in [0.4, 0.5) is 5.82 Å². The molecule has 0 atom stereocenters. The van der Waals surface area contributed by atoms with E-state index >= 15 is 0 Å². The molecule has 4 heteroatoms. The molecule has 19 heavy (non-hydrogen) atoms. The molecule has 3 nitrogen and oxygen atoms in total. The van der Waals surface area contributed by atoms with E-state index < -0.39 is 0 Å². The van der Waals surface area contributed by atoms with Crippen LogP contribution in [-0.2, 0) is 13.1 Å². The maximum atomic E-state index is 4.53. The smallest absolute Gasteiger partial charge is 0.133 e. The summed E-state index contributed by atoms with van der Waals surface area (Å²) in [6.45, 7) is 6.08. The van der Waals surface area contributed by atoms with E-state index in [-0.39, 0.29) is 0 Å². The molecule has 0 amide bonds. The fourth-order valence-electron chi connectivity index (χ4n) is 1.94. The van der Waals surface area contributed by atoms with Gasteiger partial charge >= 0.3 is 0 Å². The first kappa shape index (κ1) is 14.0. The number of anilines is 1. The van der Waals surface area contributed by atoms with Gasteiger partial charge in [0.1, 0.15) is 5.82 Å². The van der Waals surface area contributed by atoms with Crippen molar-refractivity contribution in [1.29, 1.82) is 0 Å². The van der Waals surface area contributed by atoms with Gasteiger partial charge in [0, 0.05) is 36.3 Å². The Hall–Kier alpha value is -1.39. The van der Waals surface area contributed by atoms with Gasteiger partial charge in [-0.25, -0.2) is 4.98 Å². The van der Waals surface area contributed by atoms with Gasteiger partial charge in [-0.1, -0.05) is 26.0 Å². The van der Waals surface area contributed by atoms with Gasteiger partial charge in [0.15, 0.2) is 0 Å². The highest BCUT2D eigenvalue weighted by Crippen LogP contribution is 2.19. The van der Waals surface area contributed by atoms with Crippen LogP contribution in [0.25, 0.3) is 0 Å². The van der Waals surface area contributed by atoms with Crippen molar-refractivity contribution >= 4 is 17.2 Å². The minimum atomic E-state index is 0.482. The number of rotatable bonds is 6. The highest BCUT2D eigenvalue weighted by Gasteiger charge is 2.09. The third-order valence-electron chi connectivity index (χ3n) is 2.90. The number of thiophene rings is 1. The van der Waals surface area contributed by atoms with Crippen molar-refractivity contribution in [3.63, 3.8) is 0 Å². The van der Waals surface area contributed by atoms with E-state index in [1.807, 2.05) is 12.3 Å². The standard InChI is InChI=1S/C15H21N3S/c1-12(2)17-10-13-6-4-8-16-15(13)18(3)11-14-7-5-9-19-14/h4-9,12,17H,10-11H2,1-3H3. The predicted octanol–water partition coefficient (Wildman–Crippen LogP) is 3.28. The third kappa shape index (κ3) is 4.04. The zero-order valence-corrected chi connectivity index (χ0v) is 12.6. The topological polar surface area (TPSA) is 28.2 Å². The quantitative estimate of drug-likeness (QED) is 0.877. The van der Waals surface area contributed by atoms with E-state index in [2.05, 4.69) is 59.7 Å². The van der Waals surface area contributed by atoms with Crippen molar-refractivity contribution < 1.29 is 0 Å². The van der Waals surface area contributed by atoms with Gasteiger partial charge in [0.05, 0.1) is 6.54 Å². The van der Waals surface area contributed by atoms with Gasteiger partial charge in [-0.2, -0.15) is 0 Å². The van der Waals surface area contributed by atoms with Gasteiger partial charge in [0.2, 0.25) is 0 Å².